The number of H-pyrrole nitrogens is 2. The second-order valence-electron chi connectivity index (χ2n) is 22.4. The van der Waals surface area contributed by atoms with Crippen molar-refractivity contribution in [3.63, 3.8) is 0 Å². The lowest BCUT2D eigenvalue weighted by atomic mass is 9.85. The predicted molar refractivity (Wildman–Crippen MR) is 282 cm³/mol. The summed E-state index contributed by atoms with van der Waals surface area (Å²) < 4.78 is 0. The Balaban J connectivity index is 1.52. The van der Waals surface area contributed by atoms with Gasteiger partial charge >= 0.3 is 0 Å². The van der Waals surface area contributed by atoms with Crippen molar-refractivity contribution in [1.82, 2.24) is 19.9 Å². The van der Waals surface area contributed by atoms with Crippen molar-refractivity contribution < 1.29 is 20.4 Å². The molecule has 0 aliphatic carbocycles. The third kappa shape index (κ3) is 8.37. The van der Waals surface area contributed by atoms with Crippen molar-refractivity contribution in [1.29, 1.82) is 0 Å². The Labute approximate surface area is 399 Å². The zero-order valence-electron chi connectivity index (χ0n) is 41.2. The first-order chi connectivity index (χ1) is 31.9. The van der Waals surface area contributed by atoms with Crippen LogP contribution in [0, 0.1) is 0 Å². The molecular formula is C60H62N4O4. The molecule has 7 aromatic rings. The normalized spacial score (nSPS) is 13.1. The van der Waals surface area contributed by atoms with Crippen LogP contribution in [0.25, 0.3) is 90.9 Å². The molecule has 0 saturated carbocycles. The molecule has 3 aromatic heterocycles. The quantitative estimate of drug-likeness (QED) is 0.104. The van der Waals surface area contributed by atoms with Crippen LogP contribution in [0.3, 0.4) is 0 Å². The molecule has 5 heterocycles. The first-order valence-corrected chi connectivity index (χ1v) is 23.4. The van der Waals surface area contributed by atoms with Gasteiger partial charge in [0.15, 0.2) is 0 Å². The average Bonchev–Trinajstić information content (AvgIpc) is 4.10. The number of phenolic OH excluding ortho intramolecular Hbond substituents is 4. The van der Waals surface area contributed by atoms with Gasteiger partial charge in [-0.25, -0.2) is 9.97 Å². The van der Waals surface area contributed by atoms with Gasteiger partial charge in [-0.2, -0.15) is 0 Å². The molecule has 346 valence electrons. The summed E-state index contributed by atoms with van der Waals surface area (Å²) in [5.41, 5.74) is 13.5. The summed E-state index contributed by atoms with van der Waals surface area (Å²) >= 11 is 0. The predicted octanol–water partition coefficient (Wildman–Crippen LogP) is 15.3. The molecule has 0 spiro atoms. The maximum Gasteiger partial charge on any atom is 0.123 e. The van der Waals surface area contributed by atoms with Crippen molar-refractivity contribution in [2.24, 2.45) is 0 Å². The van der Waals surface area contributed by atoms with Gasteiger partial charge in [0.2, 0.25) is 0 Å². The van der Waals surface area contributed by atoms with E-state index < -0.39 is 0 Å². The van der Waals surface area contributed by atoms with E-state index in [0.29, 0.717) is 89.4 Å². The van der Waals surface area contributed by atoms with E-state index >= 15 is 0 Å². The van der Waals surface area contributed by atoms with Gasteiger partial charge in [-0.15, -0.1) is 0 Å². The van der Waals surface area contributed by atoms with Crippen LogP contribution in [0.1, 0.15) is 128 Å². The van der Waals surface area contributed by atoms with E-state index in [1.165, 1.54) is 0 Å². The standard InChI is InChI=1S/C60H62N4O4/c1-57(2,3)33-13-25-49(65)37(29-33)53-41-17-19-43(61-41)54(38-30-34(58(4,5)6)14-26-50(38)66)45-21-23-47(63-45)56(40-32-36(60(10,11)12)16-28-52(40)68)48-24-22-46(64-48)55(44-20-18-42(53)62-44)39-31-35(59(7,8)9)15-27-51(39)67/h13-32,61,64-68H,1-12H3. The van der Waals surface area contributed by atoms with Gasteiger partial charge in [0.25, 0.3) is 0 Å². The summed E-state index contributed by atoms with van der Waals surface area (Å²) in [6, 6.07) is 30.9. The number of fused-ring (bicyclic) bond motifs is 8. The Morgan fingerprint density at radius 2 is 0.515 bits per heavy atom. The van der Waals surface area contributed by atoms with Crippen molar-refractivity contribution in [3.8, 4) is 67.5 Å². The summed E-state index contributed by atoms with van der Waals surface area (Å²) in [5, 5.41) is 47.3. The second kappa shape index (κ2) is 16.2. The van der Waals surface area contributed by atoms with Crippen molar-refractivity contribution in [3.05, 3.63) is 142 Å². The first-order valence-electron chi connectivity index (χ1n) is 23.4. The number of phenols is 4. The van der Waals surface area contributed by atoms with Crippen molar-refractivity contribution >= 4 is 46.4 Å². The minimum Gasteiger partial charge on any atom is -0.507 e. The number of hydrogen-bond acceptors (Lipinski definition) is 6. The molecule has 0 radical (unpaired) electrons. The number of aromatic amines is 2. The summed E-state index contributed by atoms with van der Waals surface area (Å²) in [6.07, 6.45) is 7.84. The van der Waals surface area contributed by atoms with Gasteiger partial charge in [-0.1, -0.05) is 107 Å². The molecule has 0 atom stereocenters. The number of aromatic nitrogens is 4. The van der Waals surface area contributed by atoms with Crippen molar-refractivity contribution in [2.75, 3.05) is 0 Å². The van der Waals surface area contributed by atoms with Gasteiger partial charge in [-0.3, -0.25) is 0 Å². The molecule has 2 aliphatic heterocycles. The zero-order chi connectivity index (χ0) is 48.8. The van der Waals surface area contributed by atoms with Crippen LogP contribution >= 0.6 is 0 Å². The van der Waals surface area contributed by atoms with E-state index in [-0.39, 0.29) is 44.7 Å². The molecule has 8 heteroatoms. The third-order valence-corrected chi connectivity index (χ3v) is 13.3. The molecule has 4 aromatic carbocycles. The fourth-order valence-corrected chi connectivity index (χ4v) is 9.15. The molecule has 68 heavy (non-hydrogen) atoms. The molecule has 8 bridgehead atoms. The second-order valence-corrected chi connectivity index (χ2v) is 22.4. The zero-order valence-corrected chi connectivity index (χ0v) is 41.2. The number of benzene rings is 4. The van der Waals surface area contributed by atoms with E-state index in [4.69, 9.17) is 9.97 Å². The fourth-order valence-electron chi connectivity index (χ4n) is 9.15. The lowest BCUT2D eigenvalue weighted by molar-refractivity contribution is 0.475. The van der Waals surface area contributed by atoms with E-state index in [1.807, 2.05) is 97.1 Å². The Morgan fingerprint density at radius 3 is 0.706 bits per heavy atom. The molecule has 8 nitrogen and oxygen atoms in total. The Morgan fingerprint density at radius 1 is 0.309 bits per heavy atom. The Kier molecular flexibility index (Phi) is 10.9. The maximum atomic E-state index is 11.8. The Hall–Kier alpha value is -7.32. The number of hydrogen-bond donors (Lipinski definition) is 6. The minimum absolute atomic E-state index is 0.0979. The minimum atomic E-state index is -0.229. The molecular weight excluding hydrogens is 841 g/mol. The lowest BCUT2D eigenvalue weighted by Crippen LogP contribution is -2.11. The van der Waals surface area contributed by atoms with E-state index in [1.54, 1.807) is 24.3 Å². The van der Waals surface area contributed by atoms with Crippen LogP contribution < -0.4 is 0 Å². The molecule has 9 rings (SSSR count). The van der Waals surface area contributed by atoms with Gasteiger partial charge in [0.1, 0.15) is 23.0 Å². The summed E-state index contributed by atoms with van der Waals surface area (Å²) in [6.45, 7) is 25.8. The molecule has 2 aliphatic rings. The largest absolute Gasteiger partial charge is 0.507 e. The maximum absolute atomic E-state index is 11.8. The van der Waals surface area contributed by atoms with E-state index in [0.717, 1.165) is 22.3 Å². The first kappa shape index (κ1) is 45.8. The summed E-state index contributed by atoms with van der Waals surface area (Å²) in [5.74, 6) is 0.392. The molecule has 6 N–H and O–H groups in total. The highest BCUT2D eigenvalue weighted by molar-refractivity contribution is 6.01. The third-order valence-electron chi connectivity index (χ3n) is 13.3. The summed E-state index contributed by atoms with van der Waals surface area (Å²) in [7, 11) is 0. The van der Waals surface area contributed by atoms with Crippen LogP contribution in [0.5, 0.6) is 23.0 Å². The van der Waals surface area contributed by atoms with Crippen LogP contribution in [0.4, 0.5) is 0 Å². The highest BCUT2D eigenvalue weighted by Crippen LogP contribution is 2.46. The van der Waals surface area contributed by atoms with Crippen molar-refractivity contribution in [2.45, 2.75) is 105 Å². The van der Waals surface area contributed by atoms with Gasteiger partial charge in [0.05, 0.1) is 22.8 Å². The smallest absolute Gasteiger partial charge is 0.123 e. The fraction of sp³-hybridized carbons (Fsp3) is 0.267. The van der Waals surface area contributed by atoms with Crippen LogP contribution in [-0.2, 0) is 21.7 Å². The molecule has 0 unspecified atom stereocenters. The van der Waals surface area contributed by atoms with Gasteiger partial charge in [-0.05, 0) is 141 Å². The number of nitrogens with zero attached hydrogens (tertiary/aromatic N) is 2. The topological polar surface area (TPSA) is 138 Å². The molecule has 0 fully saturated rings. The SMILES string of the molecule is CC(C)(C)c1ccc(O)c(-c2c3nc(c(-c4cc(C(C)(C)C)ccc4O)c4ccc([nH]4)c(-c4cc(C(C)(C)C)ccc4O)c4nc(c(-c5cc(C(C)(C)C)ccc5O)c5ccc2[nH]5)C=C4)C=C3)c1. The number of nitrogens with one attached hydrogen (secondary N) is 2. The van der Waals surface area contributed by atoms with Crippen LogP contribution in [-0.4, -0.2) is 40.4 Å². The molecule has 0 amide bonds. The summed E-state index contributed by atoms with van der Waals surface area (Å²) in [4.78, 5) is 18.3. The van der Waals surface area contributed by atoms with Gasteiger partial charge < -0.3 is 30.4 Å². The highest BCUT2D eigenvalue weighted by Gasteiger charge is 2.26. The lowest BCUT2D eigenvalue weighted by Gasteiger charge is -2.21. The monoisotopic (exact) mass is 902 g/mol. The number of rotatable bonds is 4. The highest BCUT2D eigenvalue weighted by atomic mass is 16.3. The Bertz CT molecular complexity index is 2980. The van der Waals surface area contributed by atoms with Gasteiger partial charge in [0, 0.05) is 66.6 Å². The average molecular weight is 903 g/mol. The molecule has 0 saturated heterocycles. The van der Waals surface area contributed by atoms with E-state index in [2.05, 4.69) is 93.1 Å². The van der Waals surface area contributed by atoms with Crippen LogP contribution in [0.15, 0.2) is 97.1 Å². The van der Waals surface area contributed by atoms with E-state index in [9.17, 15) is 20.4 Å². The number of aromatic hydroxyl groups is 4. The van der Waals surface area contributed by atoms with Crippen LogP contribution in [0.2, 0.25) is 0 Å².